The Morgan fingerprint density at radius 2 is 2.22 bits per heavy atom. The number of piperidine rings is 1. The highest BCUT2D eigenvalue weighted by Crippen LogP contribution is 2.21. The molecule has 146 valence electrons. The van der Waals surface area contributed by atoms with E-state index in [1.807, 2.05) is 18.2 Å². The number of likely N-dealkylation sites (tertiary alicyclic amines) is 1. The molecule has 0 bridgehead atoms. The van der Waals surface area contributed by atoms with E-state index in [9.17, 15) is 9.59 Å². The average molecular weight is 373 g/mol. The standard InChI is InChI=1S/C19H27N5O3/c1-23(18(25)17-20-19(26)22-21-17)12-14-6-5-10-24(13-14)11-9-15-7-3-4-8-16(15)27-2/h3-4,7-8,14H,5-6,9-13H2,1-2H3,(H2,20,21,22,26)/t14-/m1/s1. The maximum absolute atomic E-state index is 12.3. The largest absolute Gasteiger partial charge is 0.496 e. The van der Waals surface area contributed by atoms with Crippen LogP contribution in [-0.2, 0) is 6.42 Å². The highest BCUT2D eigenvalue weighted by atomic mass is 16.5. The lowest BCUT2D eigenvalue weighted by Crippen LogP contribution is -2.42. The maximum atomic E-state index is 12.3. The van der Waals surface area contributed by atoms with Crippen molar-refractivity contribution in [3.05, 3.63) is 46.1 Å². The Labute approximate surface area is 158 Å². The van der Waals surface area contributed by atoms with Crippen molar-refractivity contribution in [2.45, 2.75) is 19.3 Å². The Balaban J connectivity index is 1.51. The minimum Gasteiger partial charge on any atom is -0.496 e. The van der Waals surface area contributed by atoms with E-state index in [2.05, 4.69) is 26.1 Å². The second-order valence-electron chi connectivity index (χ2n) is 7.08. The molecular weight excluding hydrogens is 346 g/mol. The van der Waals surface area contributed by atoms with E-state index in [4.69, 9.17) is 4.74 Å². The summed E-state index contributed by atoms with van der Waals surface area (Å²) in [6, 6.07) is 8.13. The van der Waals surface area contributed by atoms with Gasteiger partial charge in [0.05, 0.1) is 7.11 Å². The molecule has 3 rings (SSSR count). The van der Waals surface area contributed by atoms with Gasteiger partial charge >= 0.3 is 5.69 Å². The zero-order valence-corrected chi connectivity index (χ0v) is 15.9. The van der Waals surface area contributed by atoms with Gasteiger partial charge in [-0.25, -0.2) is 9.89 Å². The molecule has 0 saturated carbocycles. The van der Waals surface area contributed by atoms with E-state index in [1.54, 1.807) is 19.1 Å². The third-order valence-electron chi connectivity index (χ3n) is 5.08. The number of carbonyl (C=O) groups is 1. The van der Waals surface area contributed by atoms with Crippen LogP contribution in [0.4, 0.5) is 0 Å². The second kappa shape index (κ2) is 8.85. The van der Waals surface area contributed by atoms with Crippen LogP contribution in [-0.4, -0.2) is 71.2 Å². The van der Waals surface area contributed by atoms with Crippen LogP contribution in [0.25, 0.3) is 0 Å². The summed E-state index contributed by atoms with van der Waals surface area (Å²) in [5, 5.41) is 5.95. The van der Waals surface area contributed by atoms with Gasteiger partial charge in [-0.1, -0.05) is 18.2 Å². The lowest BCUT2D eigenvalue weighted by Gasteiger charge is -2.34. The molecule has 1 amide bonds. The molecule has 2 aromatic rings. The van der Waals surface area contributed by atoms with E-state index in [0.29, 0.717) is 12.5 Å². The number of nitrogens with zero attached hydrogens (tertiary/aromatic N) is 3. The predicted molar refractivity (Wildman–Crippen MR) is 102 cm³/mol. The van der Waals surface area contributed by atoms with Crippen LogP contribution in [0.2, 0.25) is 0 Å². The van der Waals surface area contributed by atoms with Crippen molar-refractivity contribution >= 4 is 5.91 Å². The zero-order valence-electron chi connectivity index (χ0n) is 15.9. The van der Waals surface area contributed by atoms with E-state index < -0.39 is 5.69 Å². The van der Waals surface area contributed by atoms with Crippen LogP contribution < -0.4 is 10.4 Å². The Kier molecular flexibility index (Phi) is 6.28. The van der Waals surface area contributed by atoms with Gasteiger partial charge in [0.1, 0.15) is 5.75 Å². The maximum Gasteiger partial charge on any atom is 0.341 e. The predicted octanol–water partition coefficient (Wildman–Crippen LogP) is 1.13. The summed E-state index contributed by atoms with van der Waals surface area (Å²) in [4.78, 5) is 30.0. The highest BCUT2D eigenvalue weighted by Gasteiger charge is 2.24. The summed E-state index contributed by atoms with van der Waals surface area (Å²) in [7, 11) is 3.46. The van der Waals surface area contributed by atoms with Crippen molar-refractivity contribution in [1.82, 2.24) is 25.0 Å². The molecule has 8 heteroatoms. The summed E-state index contributed by atoms with van der Waals surface area (Å²) >= 11 is 0. The van der Waals surface area contributed by atoms with Crippen LogP contribution in [0, 0.1) is 5.92 Å². The van der Waals surface area contributed by atoms with Gasteiger partial charge in [-0.15, -0.1) is 5.10 Å². The van der Waals surface area contributed by atoms with Crippen LogP contribution >= 0.6 is 0 Å². The van der Waals surface area contributed by atoms with Gasteiger partial charge < -0.3 is 14.5 Å². The fraction of sp³-hybridized carbons (Fsp3) is 0.526. The van der Waals surface area contributed by atoms with Crippen molar-refractivity contribution in [3.8, 4) is 5.75 Å². The summed E-state index contributed by atoms with van der Waals surface area (Å²) in [6.45, 7) is 3.67. The van der Waals surface area contributed by atoms with Gasteiger partial charge in [0.2, 0.25) is 5.82 Å². The Hall–Kier alpha value is -2.61. The summed E-state index contributed by atoms with van der Waals surface area (Å²) in [5.41, 5.74) is 0.754. The number of hydrogen-bond donors (Lipinski definition) is 2. The number of para-hydroxylation sites is 1. The molecule has 0 aliphatic carbocycles. The first-order valence-electron chi connectivity index (χ1n) is 9.31. The number of H-pyrrole nitrogens is 2. The van der Waals surface area contributed by atoms with Crippen molar-refractivity contribution < 1.29 is 9.53 Å². The molecule has 1 atom stereocenters. The third kappa shape index (κ3) is 4.97. The Bertz CT molecular complexity index is 815. The molecule has 27 heavy (non-hydrogen) atoms. The van der Waals surface area contributed by atoms with E-state index in [1.165, 1.54) is 5.56 Å². The first-order chi connectivity index (χ1) is 13.1. The number of methoxy groups -OCH3 is 1. The van der Waals surface area contributed by atoms with E-state index in [0.717, 1.165) is 44.6 Å². The van der Waals surface area contributed by atoms with Gasteiger partial charge in [0.15, 0.2) is 0 Å². The number of amides is 1. The van der Waals surface area contributed by atoms with Crippen molar-refractivity contribution in [3.63, 3.8) is 0 Å². The first-order valence-corrected chi connectivity index (χ1v) is 9.31. The van der Waals surface area contributed by atoms with Gasteiger partial charge in [0.25, 0.3) is 5.91 Å². The molecule has 0 spiro atoms. The van der Waals surface area contributed by atoms with Crippen LogP contribution in [0.3, 0.4) is 0 Å². The molecule has 0 unspecified atom stereocenters. The molecule has 1 aliphatic rings. The quantitative estimate of drug-likeness (QED) is 0.759. The molecule has 1 aromatic heterocycles. The molecule has 0 radical (unpaired) electrons. The van der Waals surface area contributed by atoms with Crippen LogP contribution in [0.1, 0.15) is 29.0 Å². The normalized spacial score (nSPS) is 17.6. The van der Waals surface area contributed by atoms with Crippen molar-refractivity contribution in [1.29, 1.82) is 0 Å². The minimum absolute atomic E-state index is 0.0614. The number of ether oxygens (including phenoxy) is 1. The van der Waals surface area contributed by atoms with Crippen LogP contribution in [0.15, 0.2) is 29.1 Å². The minimum atomic E-state index is -0.466. The fourth-order valence-electron chi connectivity index (χ4n) is 3.71. The Morgan fingerprint density at radius 3 is 2.96 bits per heavy atom. The first kappa shape index (κ1) is 19.2. The van der Waals surface area contributed by atoms with Crippen molar-refractivity contribution in [2.24, 2.45) is 5.92 Å². The molecule has 2 N–H and O–H groups in total. The number of aromatic amines is 2. The lowest BCUT2D eigenvalue weighted by atomic mass is 9.97. The number of rotatable bonds is 7. The SMILES string of the molecule is COc1ccccc1CCN1CCC[C@H](CN(C)C(=O)c2n[nH]c(=O)[nH]2)C1. The molecular formula is C19H27N5O3. The smallest absolute Gasteiger partial charge is 0.341 e. The van der Waals surface area contributed by atoms with Crippen molar-refractivity contribution in [2.75, 3.05) is 40.3 Å². The van der Waals surface area contributed by atoms with Gasteiger partial charge in [-0.3, -0.25) is 9.78 Å². The second-order valence-corrected chi connectivity index (χ2v) is 7.08. The number of benzene rings is 1. The van der Waals surface area contributed by atoms with Crippen LogP contribution in [0.5, 0.6) is 5.75 Å². The summed E-state index contributed by atoms with van der Waals surface area (Å²) in [6.07, 6.45) is 3.16. The van der Waals surface area contributed by atoms with Gasteiger partial charge in [-0.2, -0.15) is 0 Å². The zero-order chi connectivity index (χ0) is 19.2. The monoisotopic (exact) mass is 373 g/mol. The third-order valence-corrected chi connectivity index (χ3v) is 5.08. The molecule has 1 aliphatic heterocycles. The van der Waals surface area contributed by atoms with E-state index >= 15 is 0 Å². The number of nitrogens with one attached hydrogen (secondary N) is 2. The average Bonchev–Trinajstić information content (AvgIpc) is 3.12. The summed E-state index contributed by atoms with van der Waals surface area (Å²) < 4.78 is 5.43. The van der Waals surface area contributed by atoms with E-state index in [-0.39, 0.29) is 11.7 Å². The number of aromatic nitrogens is 3. The van der Waals surface area contributed by atoms with Gasteiger partial charge in [0, 0.05) is 26.7 Å². The number of hydrogen-bond acceptors (Lipinski definition) is 5. The highest BCUT2D eigenvalue weighted by molar-refractivity contribution is 5.90. The molecule has 1 saturated heterocycles. The lowest BCUT2D eigenvalue weighted by molar-refractivity contribution is 0.0719. The summed E-state index contributed by atoms with van der Waals surface area (Å²) in [5.74, 6) is 1.14. The van der Waals surface area contributed by atoms with Gasteiger partial charge in [-0.05, 0) is 43.4 Å². The number of carbonyl (C=O) groups excluding carboxylic acids is 1. The fourth-order valence-corrected chi connectivity index (χ4v) is 3.71. The Morgan fingerprint density at radius 1 is 1.41 bits per heavy atom. The molecule has 2 heterocycles. The molecule has 8 nitrogen and oxygen atoms in total. The molecule has 1 fully saturated rings. The molecule has 1 aromatic carbocycles. The topological polar surface area (TPSA) is 94.3 Å².